The Labute approximate surface area is 114 Å². The minimum Gasteiger partial charge on any atom is -0.256 e. The maximum absolute atomic E-state index is 8.77. The van der Waals surface area contributed by atoms with Gasteiger partial charge >= 0.3 is 0 Å². The van der Waals surface area contributed by atoms with Crippen LogP contribution in [-0.2, 0) is 6.42 Å². The second kappa shape index (κ2) is 6.51. The highest BCUT2D eigenvalue weighted by Gasteiger charge is 2.00. The van der Waals surface area contributed by atoms with Gasteiger partial charge in [-0.3, -0.25) is 4.98 Å². The van der Waals surface area contributed by atoms with Gasteiger partial charge in [-0.05, 0) is 43.5 Å². The van der Waals surface area contributed by atoms with Crippen molar-refractivity contribution in [2.75, 3.05) is 0 Å². The standard InChI is InChI=1S/C17H16N2/c1-2-3-4-5-15-8-11-17(19-13-15)16-9-6-14(12-18)7-10-16/h2-3,6-11,13H,4-5H2,1H3. The second-order valence-corrected chi connectivity index (χ2v) is 4.35. The van der Waals surface area contributed by atoms with Crippen LogP contribution in [0.5, 0.6) is 0 Å². The molecule has 2 rings (SSSR count). The molecule has 1 heterocycles. The highest BCUT2D eigenvalue weighted by molar-refractivity contribution is 5.60. The maximum atomic E-state index is 8.77. The van der Waals surface area contributed by atoms with E-state index < -0.39 is 0 Å². The largest absolute Gasteiger partial charge is 0.256 e. The molecule has 0 aliphatic heterocycles. The summed E-state index contributed by atoms with van der Waals surface area (Å²) in [7, 11) is 0. The van der Waals surface area contributed by atoms with Gasteiger partial charge in [0.15, 0.2) is 0 Å². The molecule has 2 aromatic rings. The molecule has 0 radical (unpaired) electrons. The molecule has 0 aliphatic rings. The smallest absolute Gasteiger partial charge is 0.0991 e. The monoisotopic (exact) mass is 248 g/mol. The van der Waals surface area contributed by atoms with Crippen LogP contribution in [0.15, 0.2) is 54.7 Å². The van der Waals surface area contributed by atoms with Crippen molar-refractivity contribution in [3.05, 3.63) is 65.9 Å². The summed E-state index contributed by atoms with van der Waals surface area (Å²) < 4.78 is 0. The number of aryl methyl sites for hydroxylation is 1. The van der Waals surface area contributed by atoms with Crippen LogP contribution in [0.25, 0.3) is 11.3 Å². The third-order valence-corrected chi connectivity index (χ3v) is 2.97. The van der Waals surface area contributed by atoms with Gasteiger partial charge in [-0.1, -0.05) is 30.4 Å². The summed E-state index contributed by atoms with van der Waals surface area (Å²) in [6.45, 7) is 2.03. The molecule has 2 heteroatoms. The summed E-state index contributed by atoms with van der Waals surface area (Å²) in [5, 5.41) is 8.77. The number of nitriles is 1. The van der Waals surface area contributed by atoms with Crippen LogP contribution in [0.4, 0.5) is 0 Å². The number of allylic oxidation sites excluding steroid dienone is 2. The summed E-state index contributed by atoms with van der Waals surface area (Å²) in [4.78, 5) is 4.48. The Balaban J connectivity index is 2.11. The van der Waals surface area contributed by atoms with Crippen molar-refractivity contribution in [1.82, 2.24) is 4.98 Å². The van der Waals surface area contributed by atoms with E-state index in [0.29, 0.717) is 5.56 Å². The first kappa shape index (κ1) is 13.0. The Bertz CT molecular complexity index is 587. The van der Waals surface area contributed by atoms with Crippen LogP contribution in [0.3, 0.4) is 0 Å². The Kier molecular flexibility index (Phi) is 4.47. The van der Waals surface area contributed by atoms with Crippen molar-refractivity contribution in [3.63, 3.8) is 0 Å². The summed E-state index contributed by atoms with van der Waals surface area (Å²) >= 11 is 0. The normalized spacial score (nSPS) is 10.5. The summed E-state index contributed by atoms with van der Waals surface area (Å²) in [5.41, 5.74) is 3.90. The quantitative estimate of drug-likeness (QED) is 0.763. The minimum atomic E-state index is 0.673. The van der Waals surface area contributed by atoms with E-state index in [1.54, 1.807) is 0 Å². The van der Waals surface area contributed by atoms with Crippen LogP contribution in [-0.4, -0.2) is 4.98 Å². The second-order valence-electron chi connectivity index (χ2n) is 4.35. The van der Waals surface area contributed by atoms with Gasteiger partial charge in [0, 0.05) is 11.8 Å². The van der Waals surface area contributed by atoms with Gasteiger partial charge < -0.3 is 0 Å². The Morgan fingerprint density at radius 1 is 1.16 bits per heavy atom. The van der Waals surface area contributed by atoms with E-state index in [2.05, 4.69) is 29.3 Å². The fourth-order valence-electron chi connectivity index (χ4n) is 1.88. The lowest BCUT2D eigenvalue weighted by atomic mass is 10.1. The highest BCUT2D eigenvalue weighted by atomic mass is 14.7. The fraction of sp³-hybridized carbons (Fsp3) is 0.176. The van der Waals surface area contributed by atoms with E-state index in [9.17, 15) is 0 Å². The first-order valence-electron chi connectivity index (χ1n) is 6.40. The van der Waals surface area contributed by atoms with Crippen LogP contribution < -0.4 is 0 Å². The van der Waals surface area contributed by atoms with Gasteiger partial charge in [0.25, 0.3) is 0 Å². The maximum Gasteiger partial charge on any atom is 0.0991 e. The minimum absolute atomic E-state index is 0.673. The number of benzene rings is 1. The van der Waals surface area contributed by atoms with E-state index in [4.69, 9.17) is 5.26 Å². The van der Waals surface area contributed by atoms with Crippen molar-refractivity contribution in [2.45, 2.75) is 19.8 Å². The lowest BCUT2D eigenvalue weighted by Crippen LogP contribution is -1.88. The average molecular weight is 248 g/mol. The zero-order valence-corrected chi connectivity index (χ0v) is 11.0. The van der Waals surface area contributed by atoms with Gasteiger partial charge in [-0.15, -0.1) is 0 Å². The average Bonchev–Trinajstić information content (AvgIpc) is 2.48. The van der Waals surface area contributed by atoms with Crippen LogP contribution in [0.1, 0.15) is 24.5 Å². The van der Waals surface area contributed by atoms with E-state index in [1.165, 1.54) is 5.56 Å². The molecule has 94 valence electrons. The molecule has 0 unspecified atom stereocenters. The van der Waals surface area contributed by atoms with Crippen LogP contribution in [0, 0.1) is 11.3 Å². The molecule has 0 N–H and O–H groups in total. The third-order valence-electron chi connectivity index (χ3n) is 2.97. The van der Waals surface area contributed by atoms with E-state index in [1.807, 2.05) is 43.5 Å². The number of hydrogen-bond donors (Lipinski definition) is 0. The molecule has 0 bridgehead atoms. The molecule has 0 amide bonds. The molecule has 0 saturated heterocycles. The van der Waals surface area contributed by atoms with Crippen LogP contribution >= 0.6 is 0 Å². The first-order chi connectivity index (χ1) is 9.33. The molecule has 0 spiro atoms. The Hall–Kier alpha value is -2.40. The molecular weight excluding hydrogens is 232 g/mol. The number of rotatable bonds is 4. The van der Waals surface area contributed by atoms with Gasteiger partial charge in [0.1, 0.15) is 0 Å². The molecule has 19 heavy (non-hydrogen) atoms. The van der Waals surface area contributed by atoms with Crippen LogP contribution in [0.2, 0.25) is 0 Å². The first-order valence-corrected chi connectivity index (χ1v) is 6.40. The Morgan fingerprint density at radius 3 is 2.53 bits per heavy atom. The van der Waals surface area contributed by atoms with Gasteiger partial charge in [-0.25, -0.2) is 0 Å². The van der Waals surface area contributed by atoms with Crippen molar-refractivity contribution < 1.29 is 0 Å². The molecular formula is C17H16N2. The molecule has 0 aliphatic carbocycles. The van der Waals surface area contributed by atoms with Crippen molar-refractivity contribution in [2.24, 2.45) is 0 Å². The lowest BCUT2D eigenvalue weighted by Gasteiger charge is -2.03. The van der Waals surface area contributed by atoms with Crippen molar-refractivity contribution >= 4 is 0 Å². The van der Waals surface area contributed by atoms with E-state index in [0.717, 1.165) is 24.1 Å². The molecule has 0 saturated carbocycles. The zero-order chi connectivity index (χ0) is 13.5. The SMILES string of the molecule is CC=CCCc1ccc(-c2ccc(C#N)cc2)nc1. The summed E-state index contributed by atoms with van der Waals surface area (Å²) in [6, 6.07) is 13.8. The topological polar surface area (TPSA) is 36.7 Å². The highest BCUT2D eigenvalue weighted by Crippen LogP contribution is 2.18. The third kappa shape index (κ3) is 3.53. The zero-order valence-electron chi connectivity index (χ0n) is 11.0. The summed E-state index contributed by atoms with van der Waals surface area (Å²) in [6.07, 6.45) is 8.23. The number of aromatic nitrogens is 1. The number of pyridine rings is 1. The number of nitrogens with zero attached hydrogens (tertiary/aromatic N) is 2. The number of hydrogen-bond acceptors (Lipinski definition) is 2. The predicted molar refractivity (Wildman–Crippen MR) is 77.5 cm³/mol. The molecule has 0 fully saturated rings. The fourth-order valence-corrected chi connectivity index (χ4v) is 1.88. The van der Waals surface area contributed by atoms with Crippen molar-refractivity contribution in [3.8, 4) is 17.3 Å². The molecule has 1 aromatic carbocycles. The Morgan fingerprint density at radius 2 is 1.95 bits per heavy atom. The lowest BCUT2D eigenvalue weighted by molar-refractivity contribution is 0.986. The molecule has 2 nitrogen and oxygen atoms in total. The van der Waals surface area contributed by atoms with Gasteiger partial charge in [-0.2, -0.15) is 5.26 Å². The van der Waals surface area contributed by atoms with E-state index >= 15 is 0 Å². The van der Waals surface area contributed by atoms with E-state index in [-0.39, 0.29) is 0 Å². The molecule has 1 aromatic heterocycles. The van der Waals surface area contributed by atoms with Gasteiger partial charge in [0.05, 0.1) is 17.3 Å². The summed E-state index contributed by atoms with van der Waals surface area (Å²) in [5.74, 6) is 0. The van der Waals surface area contributed by atoms with Gasteiger partial charge in [0.2, 0.25) is 0 Å². The molecule has 0 atom stereocenters. The van der Waals surface area contributed by atoms with Crippen molar-refractivity contribution in [1.29, 1.82) is 5.26 Å². The predicted octanol–water partition coefficient (Wildman–Crippen LogP) is 4.13.